The van der Waals surface area contributed by atoms with Crippen LogP contribution in [-0.2, 0) is 17.8 Å². The van der Waals surface area contributed by atoms with Gasteiger partial charge in [-0.2, -0.15) is 0 Å². The Morgan fingerprint density at radius 1 is 1.24 bits per heavy atom. The quantitative estimate of drug-likeness (QED) is 0.865. The minimum atomic E-state index is -0.807. The Labute approximate surface area is 104 Å². The van der Waals surface area contributed by atoms with Crippen LogP contribution in [0.15, 0.2) is 24.3 Å². The van der Waals surface area contributed by atoms with Crippen LogP contribution < -0.4 is 5.73 Å². The molecule has 2 N–H and O–H groups in total. The molecule has 3 heteroatoms. The van der Waals surface area contributed by atoms with Crippen LogP contribution in [0.1, 0.15) is 31.9 Å². The van der Waals surface area contributed by atoms with Crippen molar-refractivity contribution in [2.45, 2.75) is 39.3 Å². The van der Waals surface area contributed by atoms with Crippen LogP contribution >= 0.6 is 0 Å². The van der Waals surface area contributed by atoms with E-state index in [2.05, 4.69) is 31.2 Å². The molecule has 0 saturated carbocycles. The number of carbonyl (C=O) groups excluding carboxylic acids is 1. The summed E-state index contributed by atoms with van der Waals surface area (Å²) in [4.78, 5) is 13.6. The highest BCUT2D eigenvalue weighted by atomic mass is 16.2. The van der Waals surface area contributed by atoms with E-state index in [1.165, 1.54) is 5.56 Å². The fourth-order valence-electron chi connectivity index (χ4n) is 1.72. The van der Waals surface area contributed by atoms with E-state index in [1.54, 1.807) is 25.8 Å². The maximum Gasteiger partial charge on any atom is 0.242 e. The Morgan fingerprint density at radius 3 is 2.12 bits per heavy atom. The lowest BCUT2D eigenvalue weighted by atomic mass is 10.0. The number of carbonyl (C=O) groups is 1. The van der Waals surface area contributed by atoms with E-state index < -0.39 is 5.54 Å². The largest absolute Gasteiger partial charge is 0.340 e. The van der Waals surface area contributed by atoms with Gasteiger partial charge in [-0.15, -0.1) is 0 Å². The maximum absolute atomic E-state index is 11.9. The van der Waals surface area contributed by atoms with Gasteiger partial charge in [0.1, 0.15) is 0 Å². The van der Waals surface area contributed by atoms with Crippen LogP contribution in [0, 0.1) is 0 Å². The molecule has 1 rings (SSSR count). The zero-order valence-electron chi connectivity index (χ0n) is 11.2. The lowest BCUT2D eigenvalue weighted by Crippen LogP contribution is -2.49. The zero-order chi connectivity index (χ0) is 13.1. The maximum atomic E-state index is 11.9. The molecule has 1 amide bonds. The van der Waals surface area contributed by atoms with E-state index in [9.17, 15) is 4.79 Å². The highest BCUT2D eigenvalue weighted by Gasteiger charge is 2.25. The zero-order valence-corrected chi connectivity index (χ0v) is 11.2. The van der Waals surface area contributed by atoms with E-state index >= 15 is 0 Å². The van der Waals surface area contributed by atoms with E-state index in [0.717, 1.165) is 12.0 Å². The van der Waals surface area contributed by atoms with Crippen molar-refractivity contribution in [2.75, 3.05) is 7.05 Å². The number of benzene rings is 1. The number of amides is 1. The predicted molar refractivity (Wildman–Crippen MR) is 70.6 cm³/mol. The molecule has 0 atom stereocenters. The molecule has 0 aromatic heterocycles. The smallest absolute Gasteiger partial charge is 0.242 e. The van der Waals surface area contributed by atoms with Crippen molar-refractivity contribution < 1.29 is 4.79 Å². The molecule has 0 spiro atoms. The molecule has 17 heavy (non-hydrogen) atoms. The van der Waals surface area contributed by atoms with Gasteiger partial charge in [0.15, 0.2) is 0 Å². The number of hydrogen-bond acceptors (Lipinski definition) is 2. The number of likely N-dealkylation sites (N-methyl/N-ethyl adjacent to an activating group) is 1. The van der Waals surface area contributed by atoms with Gasteiger partial charge in [-0.25, -0.2) is 0 Å². The van der Waals surface area contributed by atoms with Crippen molar-refractivity contribution in [2.24, 2.45) is 5.73 Å². The average Bonchev–Trinajstić information content (AvgIpc) is 2.27. The third-order valence-electron chi connectivity index (χ3n) is 2.75. The van der Waals surface area contributed by atoms with Crippen LogP contribution in [0.25, 0.3) is 0 Å². The third kappa shape index (κ3) is 3.86. The van der Waals surface area contributed by atoms with Crippen molar-refractivity contribution in [1.82, 2.24) is 4.90 Å². The fourth-order valence-corrected chi connectivity index (χ4v) is 1.72. The minimum Gasteiger partial charge on any atom is -0.340 e. The summed E-state index contributed by atoms with van der Waals surface area (Å²) >= 11 is 0. The first kappa shape index (κ1) is 13.7. The molecule has 0 heterocycles. The van der Waals surface area contributed by atoms with Gasteiger partial charge in [0.2, 0.25) is 5.91 Å². The first-order valence-corrected chi connectivity index (χ1v) is 5.97. The van der Waals surface area contributed by atoms with Gasteiger partial charge < -0.3 is 10.6 Å². The summed E-state index contributed by atoms with van der Waals surface area (Å²) in [5, 5.41) is 0. The molecular weight excluding hydrogens is 212 g/mol. The second kappa shape index (κ2) is 5.32. The van der Waals surface area contributed by atoms with Gasteiger partial charge in [0.05, 0.1) is 5.54 Å². The summed E-state index contributed by atoms with van der Waals surface area (Å²) in [6.45, 7) is 6.18. The third-order valence-corrected chi connectivity index (χ3v) is 2.75. The Kier molecular flexibility index (Phi) is 4.29. The highest BCUT2D eigenvalue weighted by Crippen LogP contribution is 2.10. The average molecular weight is 234 g/mol. The molecule has 1 aromatic carbocycles. The van der Waals surface area contributed by atoms with Crippen molar-refractivity contribution in [3.8, 4) is 0 Å². The summed E-state index contributed by atoms with van der Waals surface area (Å²) in [7, 11) is 1.78. The summed E-state index contributed by atoms with van der Waals surface area (Å²) < 4.78 is 0. The summed E-state index contributed by atoms with van der Waals surface area (Å²) in [6, 6.07) is 8.32. The van der Waals surface area contributed by atoms with E-state index in [0.29, 0.717) is 6.54 Å². The van der Waals surface area contributed by atoms with Gasteiger partial charge >= 0.3 is 0 Å². The van der Waals surface area contributed by atoms with Crippen LogP contribution in [-0.4, -0.2) is 23.4 Å². The number of nitrogens with zero attached hydrogens (tertiary/aromatic N) is 1. The molecule has 0 radical (unpaired) electrons. The van der Waals surface area contributed by atoms with Crippen molar-refractivity contribution in [1.29, 1.82) is 0 Å². The van der Waals surface area contributed by atoms with Crippen LogP contribution in [0.4, 0.5) is 0 Å². The summed E-state index contributed by atoms with van der Waals surface area (Å²) in [5.74, 6) is -0.0444. The minimum absolute atomic E-state index is 0.0444. The first-order valence-electron chi connectivity index (χ1n) is 5.97. The van der Waals surface area contributed by atoms with E-state index in [4.69, 9.17) is 5.73 Å². The summed E-state index contributed by atoms with van der Waals surface area (Å²) in [6.07, 6.45) is 1.03. The van der Waals surface area contributed by atoms with Crippen LogP contribution in [0.5, 0.6) is 0 Å². The second-order valence-corrected chi connectivity index (χ2v) is 5.05. The van der Waals surface area contributed by atoms with Crippen LogP contribution in [0.2, 0.25) is 0 Å². The molecule has 0 fully saturated rings. The molecule has 0 aliphatic carbocycles. The van der Waals surface area contributed by atoms with Crippen LogP contribution in [0.3, 0.4) is 0 Å². The number of hydrogen-bond donors (Lipinski definition) is 1. The van der Waals surface area contributed by atoms with Gasteiger partial charge in [-0.05, 0) is 31.4 Å². The molecule has 3 nitrogen and oxygen atoms in total. The van der Waals surface area contributed by atoms with Gasteiger partial charge in [-0.1, -0.05) is 31.2 Å². The Balaban J connectivity index is 2.68. The molecule has 0 aliphatic rings. The van der Waals surface area contributed by atoms with E-state index in [1.807, 2.05) is 0 Å². The molecule has 94 valence electrons. The first-order chi connectivity index (χ1) is 7.84. The van der Waals surface area contributed by atoms with Crippen molar-refractivity contribution >= 4 is 5.91 Å². The monoisotopic (exact) mass is 234 g/mol. The Hall–Kier alpha value is -1.35. The molecule has 0 unspecified atom stereocenters. The van der Waals surface area contributed by atoms with Gasteiger partial charge in [0.25, 0.3) is 0 Å². The number of aryl methyl sites for hydroxylation is 1. The fraction of sp³-hybridized carbons (Fsp3) is 0.500. The number of nitrogens with two attached hydrogens (primary N) is 1. The lowest BCUT2D eigenvalue weighted by Gasteiger charge is -2.25. The van der Waals surface area contributed by atoms with E-state index in [-0.39, 0.29) is 5.91 Å². The lowest BCUT2D eigenvalue weighted by molar-refractivity contribution is -0.134. The normalized spacial score (nSPS) is 11.4. The predicted octanol–water partition coefficient (Wildman–Crippen LogP) is 1.94. The summed E-state index contributed by atoms with van der Waals surface area (Å²) in [5.41, 5.74) is 7.41. The highest BCUT2D eigenvalue weighted by molar-refractivity contribution is 5.84. The molecular formula is C14H22N2O. The molecule has 0 bridgehead atoms. The molecule has 0 aliphatic heterocycles. The van der Waals surface area contributed by atoms with Crippen molar-refractivity contribution in [3.63, 3.8) is 0 Å². The number of rotatable bonds is 4. The SMILES string of the molecule is CCc1ccc(CN(C)C(=O)C(C)(C)N)cc1. The topological polar surface area (TPSA) is 46.3 Å². The second-order valence-electron chi connectivity index (χ2n) is 5.05. The van der Waals surface area contributed by atoms with Crippen molar-refractivity contribution in [3.05, 3.63) is 35.4 Å². The molecule has 1 aromatic rings. The standard InChI is InChI=1S/C14H22N2O/c1-5-11-6-8-12(9-7-11)10-16(4)13(17)14(2,3)15/h6-9H,5,10,15H2,1-4H3. The molecule has 0 saturated heterocycles. The van der Waals surface area contributed by atoms with Gasteiger partial charge in [0, 0.05) is 13.6 Å². The van der Waals surface area contributed by atoms with Gasteiger partial charge in [-0.3, -0.25) is 4.79 Å². The Bertz CT molecular complexity index is 376. The Morgan fingerprint density at radius 2 is 1.71 bits per heavy atom.